The molecule has 0 atom stereocenters. The molecule has 2 rings (SSSR count). The van der Waals surface area contributed by atoms with E-state index in [2.05, 4.69) is 23.7 Å². The average molecular weight is 282 g/mol. The van der Waals surface area contributed by atoms with Gasteiger partial charge in [-0.25, -0.2) is 0 Å². The van der Waals surface area contributed by atoms with Gasteiger partial charge in [-0.15, -0.1) is 11.3 Å². The number of halogens is 1. The second-order valence-corrected chi connectivity index (χ2v) is 5.37. The number of thiophene rings is 1. The Morgan fingerprint density at radius 2 is 2.22 bits per heavy atom. The average Bonchev–Trinajstić information content (AvgIpc) is 2.88. The molecule has 0 unspecified atom stereocenters. The Morgan fingerprint density at radius 1 is 1.33 bits per heavy atom. The fourth-order valence-corrected chi connectivity index (χ4v) is 2.44. The van der Waals surface area contributed by atoms with Gasteiger partial charge in [-0.1, -0.05) is 24.6 Å². The van der Waals surface area contributed by atoms with Crippen LogP contribution in [0.4, 0.5) is 0 Å². The van der Waals surface area contributed by atoms with Gasteiger partial charge >= 0.3 is 0 Å². The van der Waals surface area contributed by atoms with Crippen molar-refractivity contribution >= 4 is 22.9 Å². The van der Waals surface area contributed by atoms with Gasteiger partial charge in [0.05, 0.1) is 0 Å². The van der Waals surface area contributed by atoms with Crippen LogP contribution in [0.5, 0.6) is 5.75 Å². The Kier molecular flexibility index (Phi) is 5.05. The van der Waals surface area contributed by atoms with Crippen molar-refractivity contribution in [1.29, 1.82) is 0 Å². The summed E-state index contributed by atoms with van der Waals surface area (Å²) in [6, 6.07) is 9.85. The molecule has 2 nitrogen and oxygen atoms in total. The molecule has 1 aromatic heterocycles. The second-order valence-electron chi connectivity index (χ2n) is 3.90. The lowest BCUT2D eigenvalue weighted by molar-refractivity contribution is 0.305. The SMILES string of the molecule is CCNCc1cc(Cl)ccc1OCc1cccs1. The number of hydrogen-bond acceptors (Lipinski definition) is 3. The topological polar surface area (TPSA) is 21.3 Å². The third-order valence-corrected chi connectivity index (χ3v) is 3.62. The number of nitrogens with one attached hydrogen (secondary N) is 1. The van der Waals surface area contributed by atoms with Gasteiger partial charge in [-0.05, 0) is 36.2 Å². The van der Waals surface area contributed by atoms with Gasteiger partial charge in [0.15, 0.2) is 0 Å². The zero-order chi connectivity index (χ0) is 12.8. The van der Waals surface area contributed by atoms with Gasteiger partial charge in [0.25, 0.3) is 0 Å². The van der Waals surface area contributed by atoms with Crippen LogP contribution in [0.2, 0.25) is 5.02 Å². The summed E-state index contributed by atoms with van der Waals surface area (Å²) >= 11 is 7.72. The molecule has 0 amide bonds. The van der Waals surface area contributed by atoms with Gasteiger partial charge in [0.1, 0.15) is 12.4 Å². The highest BCUT2D eigenvalue weighted by Gasteiger charge is 2.05. The molecule has 1 N–H and O–H groups in total. The number of rotatable bonds is 6. The molecule has 18 heavy (non-hydrogen) atoms. The molecule has 0 aliphatic carbocycles. The standard InChI is InChI=1S/C14H16ClNOS/c1-2-16-9-11-8-12(15)5-6-14(11)17-10-13-4-3-7-18-13/h3-8,16H,2,9-10H2,1H3. The van der Waals surface area contributed by atoms with Crippen molar-refractivity contribution in [1.82, 2.24) is 5.32 Å². The summed E-state index contributed by atoms with van der Waals surface area (Å²) in [5.41, 5.74) is 1.10. The van der Waals surface area contributed by atoms with Crippen LogP contribution < -0.4 is 10.1 Å². The van der Waals surface area contributed by atoms with E-state index >= 15 is 0 Å². The zero-order valence-electron chi connectivity index (χ0n) is 10.3. The lowest BCUT2D eigenvalue weighted by atomic mass is 10.2. The first-order valence-corrected chi connectivity index (χ1v) is 7.19. The normalized spacial score (nSPS) is 10.6. The molecule has 0 bridgehead atoms. The summed E-state index contributed by atoms with van der Waals surface area (Å²) in [5.74, 6) is 0.897. The molecule has 1 aromatic carbocycles. The summed E-state index contributed by atoms with van der Waals surface area (Å²) in [5, 5.41) is 6.09. The zero-order valence-corrected chi connectivity index (χ0v) is 11.9. The smallest absolute Gasteiger partial charge is 0.124 e. The van der Waals surface area contributed by atoms with E-state index in [0.717, 1.165) is 29.4 Å². The largest absolute Gasteiger partial charge is 0.488 e. The third-order valence-electron chi connectivity index (χ3n) is 2.54. The Balaban J connectivity index is 2.05. The van der Waals surface area contributed by atoms with Gasteiger partial charge in [-0.2, -0.15) is 0 Å². The van der Waals surface area contributed by atoms with Crippen molar-refractivity contribution in [2.75, 3.05) is 6.54 Å². The van der Waals surface area contributed by atoms with Crippen LogP contribution >= 0.6 is 22.9 Å². The minimum Gasteiger partial charge on any atom is -0.488 e. The van der Waals surface area contributed by atoms with Crippen molar-refractivity contribution in [2.24, 2.45) is 0 Å². The molecule has 0 spiro atoms. The molecule has 0 saturated carbocycles. The summed E-state index contributed by atoms with van der Waals surface area (Å²) in [4.78, 5) is 1.22. The highest BCUT2D eigenvalue weighted by molar-refractivity contribution is 7.09. The predicted octanol–water partition coefficient (Wildman–Crippen LogP) is 4.09. The van der Waals surface area contributed by atoms with E-state index in [1.54, 1.807) is 11.3 Å². The van der Waals surface area contributed by atoms with E-state index < -0.39 is 0 Å². The fourth-order valence-electron chi connectivity index (χ4n) is 1.63. The van der Waals surface area contributed by atoms with Crippen LogP contribution in [0, 0.1) is 0 Å². The molecule has 1 heterocycles. The van der Waals surface area contributed by atoms with Crippen LogP contribution in [0.3, 0.4) is 0 Å². The highest BCUT2D eigenvalue weighted by Crippen LogP contribution is 2.24. The van der Waals surface area contributed by atoms with Crippen LogP contribution in [0.25, 0.3) is 0 Å². The first-order valence-electron chi connectivity index (χ1n) is 5.94. The number of ether oxygens (including phenoxy) is 1. The van der Waals surface area contributed by atoms with Crippen molar-refractivity contribution in [2.45, 2.75) is 20.1 Å². The summed E-state index contributed by atoms with van der Waals surface area (Å²) in [7, 11) is 0. The summed E-state index contributed by atoms with van der Waals surface area (Å²) < 4.78 is 5.85. The summed E-state index contributed by atoms with van der Waals surface area (Å²) in [6.07, 6.45) is 0. The Bertz CT molecular complexity index is 485. The molecule has 2 aromatic rings. The lowest BCUT2D eigenvalue weighted by Crippen LogP contribution is -2.12. The first kappa shape index (κ1) is 13.4. The maximum atomic E-state index is 6.01. The van der Waals surface area contributed by atoms with E-state index in [1.807, 2.05) is 24.3 Å². The quantitative estimate of drug-likeness (QED) is 0.861. The van der Waals surface area contributed by atoms with Crippen molar-refractivity contribution in [3.05, 3.63) is 51.2 Å². The van der Waals surface area contributed by atoms with Crippen molar-refractivity contribution < 1.29 is 4.74 Å². The molecule has 0 radical (unpaired) electrons. The molecule has 4 heteroatoms. The Hall–Kier alpha value is -1.03. The third kappa shape index (κ3) is 3.73. The monoisotopic (exact) mass is 281 g/mol. The minimum atomic E-state index is 0.610. The second kappa shape index (κ2) is 6.78. The first-order chi connectivity index (χ1) is 8.79. The molecule has 0 aliphatic heterocycles. The minimum absolute atomic E-state index is 0.610. The van der Waals surface area contributed by atoms with Crippen molar-refractivity contribution in [3.8, 4) is 5.75 Å². The number of benzene rings is 1. The van der Waals surface area contributed by atoms with E-state index in [-0.39, 0.29) is 0 Å². The molecule has 96 valence electrons. The maximum Gasteiger partial charge on any atom is 0.124 e. The Morgan fingerprint density at radius 3 is 2.94 bits per heavy atom. The van der Waals surface area contributed by atoms with Crippen LogP contribution in [-0.2, 0) is 13.2 Å². The van der Waals surface area contributed by atoms with Gasteiger partial charge < -0.3 is 10.1 Å². The molecule has 0 fully saturated rings. The van der Waals surface area contributed by atoms with Crippen molar-refractivity contribution in [3.63, 3.8) is 0 Å². The molecular formula is C14H16ClNOS. The predicted molar refractivity (Wildman–Crippen MR) is 77.5 cm³/mol. The van der Waals surface area contributed by atoms with E-state index in [1.165, 1.54) is 4.88 Å². The van der Waals surface area contributed by atoms with Crippen LogP contribution in [-0.4, -0.2) is 6.54 Å². The fraction of sp³-hybridized carbons (Fsp3) is 0.286. The van der Waals surface area contributed by atoms with Gasteiger partial charge in [0, 0.05) is 22.0 Å². The maximum absolute atomic E-state index is 6.01. The molecule has 0 saturated heterocycles. The molecule has 0 aliphatic rings. The van der Waals surface area contributed by atoms with Gasteiger partial charge in [0.2, 0.25) is 0 Å². The molecular weight excluding hydrogens is 266 g/mol. The van der Waals surface area contributed by atoms with Gasteiger partial charge in [-0.3, -0.25) is 0 Å². The highest BCUT2D eigenvalue weighted by atomic mass is 35.5. The summed E-state index contributed by atoms with van der Waals surface area (Å²) in [6.45, 7) is 4.39. The van der Waals surface area contributed by atoms with Crippen LogP contribution in [0.15, 0.2) is 35.7 Å². The van der Waals surface area contributed by atoms with E-state index in [9.17, 15) is 0 Å². The van der Waals surface area contributed by atoms with Crippen LogP contribution in [0.1, 0.15) is 17.4 Å². The van der Waals surface area contributed by atoms with E-state index in [4.69, 9.17) is 16.3 Å². The number of hydrogen-bond donors (Lipinski definition) is 1. The lowest BCUT2D eigenvalue weighted by Gasteiger charge is -2.11. The Labute approximate surface area is 117 Å². The van der Waals surface area contributed by atoms with E-state index in [0.29, 0.717) is 6.61 Å².